The second-order valence-electron chi connectivity index (χ2n) is 15.5. The molecule has 3 aliphatic rings. The Morgan fingerprint density at radius 2 is 1.04 bits per heavy atom. The Hall–Kier alpha value is -4.10. The van der Waals surface area contributed by atoms with Gasteiger partial charge in [-0.3, -0.25) is 9.35 Å². The summed E-state index contributed by atoms with van der Waals surface area (Å²) in [6, 6.07) is 20.0. The molecule has 7 rings (SSSR count). The van der Waals surface area contributed by atoms with E-state index in [9.17, 15) is 23.4 Å². The fourth-order valence-corrected chi connectivity index (χ4v) is 9.27. The summed E-state index contributed by atoms with van der Waals surface area (Å²) in [5, 5.41) is 23.3. The first-order valence-electron chi connectivity index (χ1n) is 19.3. The predicted octanol–water partition coefficient (Wildman–Crippen LogP) is 7.81. The van der Waals surface area contributed by atoms with Gasteiger partial charge in [0.1, 0.15) is 11.5 Å². The zero-order chi connectivity index (χ0) is 40.6. The van der Waals surface area contributed by atoms with Crippen LogP contribution in [0.5, 0.6) is 11.5 Å². The molecule has 3 aliphatic carbocycles. The smallest absolute Gasteiger partial charge is 0.261 e. The molecule has 0 saturated carbocycles. The van der Waals surface area contributed by atoms with E-state index in [4.69, 9.17) is 23.5 Å². The van der Waals surface area contributed by atoms with Crippen molar-refractivity contribution in [3.8, 4) is 33.8 Å². The van der Waals surface area contributed by atoms with E-state index in [0.29, 0.717) is 83.1 Å². The lowest BCUT2D eigenvalue weighted by Crippen LogP contribution is -2.40. The van der Waals surface area contributed by atoms with Gasteiger partial charge in [0.05, 0.1) is 32.7 Å². The van der Waals surface area contributed by atoms with E-state index < -0.39 is 26.4 Å². The highest BCUT2D eigenvalue weighted by atomic mass is 32.2. The molecule has 0 aromatic heterocycles. The molecule has 4 aromatic rings. The number of fused-ring (bicyclic) bond motifs is 7. The fraction of sp³-hybridized carbons (Fsp3) is 0.444. The number of phenolic OH excluding ortho intramolecular Hbond substituents is 2. The third-order valence-corrected chi connectivity index (χ3v) is 11.5. The van der Waals surface area contributed by atoms with Gasteiger partial charge in [0.25, 0.3) is 10.1 Å². The molecule has 1 atom stereocenters. The van der Waals surface area contributed by atoms with Gasteiger partial charge in [0.15, 0.2) is 5.78 Å². The number of hydrogen-bond donors (Lipinski definition) is 3. The first kappa shape index (κ1) is 41.5. The van der Waals surface area contributed by atoms with Gasteiger partial charge in [-0.25, -0.2) is 0 Å². The van der Waals surface area contributed by atoms with Crippen LogP contribution >= 0.6 is 0 Å². The van der Waals surface area contributed by atoms with Crippen molar-refractivity contribution in [3.05, 3.63) is 105 Å². The van der Waals surface area contributed by atoms with Crippen molar-refractivity contribution in [2.75, 3.05) is 59.1 Å². The average molecular weight is 787 g/mol. The standard InChI is InChI=1S/C44H50O7.CH4O3S/c1-7-48-23-42(24-49-8-2)21-44(37-19-39(45)28(6)16-35(37)42)22-43(25-50-9-3,26-51-10-4)36-18-32(40(46)20-38(36)44)29-12-14-31-30-13-11-27(5)15-33(30)41(47)34(31)17-29;1-5(2,3)4/h11-20,45-46H,7-10,21-26H2,1-6H3;1H3,(H,2,3,4). The summed E-state index contributed by atoms with van der Waals surface area (Å²) in [5.74, 6) is 0.385. The number of phenols is 2. The quantitative estimate of drug-likeness (QED) is 0.101. The first-order valence-corrected chi connectivity index (χ1v) is 21.2. The minimum Gasteiger partial charge on any atom is -0.508 e. The molecular weight excluding hydrogens is 733 g/mol. The zero-order valence-corrected chi connectivity index (χ0v) is 34.3. The van der Waals surface area contributed by atoms with Crippen LogP contribution in [0.25, 0.3) is 22.3 Å². The van der Waals surface area contributed by atoms with Crippen LogP contribution in [0.1, 0.15) is 89.8 Å². The van der Waals surface area contributed by atoms with E-state index in [0.717, 1.165) is 55.6 Å². The van der Waals surface area contributed by atoms with E-state index in [-0.39, 0.29) is 17.3 Å². The maximum absolute atomic E-state index is 13.6. The second-order valence-corrected chi connectivity index (χ2v) is 17.0. The highest BCUT2D eigenvalue weighted by Gasteiger charge is 2.62. The Morgan fingerprint density at radius 1 is 0.589 bits per heavy atom. The first-order chi connectivity index (χ1) is 26.6. The number of hydrogen-bond acceptors (Lipinski definition) is 9. The SMILES string of the molecule is CCOCC1(COCC)CC2(CC(COCC)(COCC)c3cc(-c4ccc5c(c4)C(=O)c4cc(C)ccc4-5)c(O)cc32)c2cc(O)c(C)cc21.CS(=O)(=O)O. The number of rotatable bonds is 13. The van der Waals surface area contributed by atoms with E-state index in [1.165, 1.54) is 0 Å². The van der Waals surface area contributed by atoms with Crippen LogP contribution < -0.4 is 0 Å². The highest BCUT2D eigenvalue weighted by molar-refractivity contribution is 7.85. The Labute approximate surface area is 330 Å². The summed E-state index contributed by atoms with van der Waals surface area (Å²) < 4.78 is 50.9. The lowest BCUT2D eigenvalue weighted by molar-refractivity contribution is 0.00953. The summed E-state index contributed by atoms with van der Waals surface area (Å²) in [4.78, 5) is 13.6. The minimum atomic E-state index is -3.67. The summed E-state index contributed by atoms with van der Waals surface area (Å²) in [6.45, 7) is 16.0. The van der Waals surface area contributed by atoms with Crippen LogP contribution in [0.15, 0.2) is 60.7 Å². The highest BCUT2D eigenvalue weighted by Crippen LogP contribution is 2.65. The molecule has 0 aliphatic heterocycles. The fourth-order valence-electron chi connectivity index (χ4n) is 9.27. The van der Waals surface area contributed by atoms with Gasteiger partial charge in [-0.1, -0.05) is 35.9 Å². The molecular formula is C45H54O10S. The van der Waals surface area contributed by atoms with Gasteiger partial charge in [0, 0.05) is 59.4 Å². The second kappa shape index (κ2) is 16.0. The third kappa shape index (κ3) is 7.53. The van der Waals surface area contributed by atoms with Gasteiger partial charge < -0.3 is 29.2 Å². The van der Waals surface area contributed by atoms with Crippen molar-refractivity contribution in [3.63, 3.8) is 0 Å². The van der Waals surface area contributed by atoms with Crippen molar-refractivity contribution in [1.29, 1.82) is 0 Å². The Kier molecular flexibility index (Phi) is 11.9. The van der Waals surface area contributed by atoms with E-state index >= 15 is 0 Å². The van der Waals surface area contributed by atoms with E-state index in [1.807, 2.05) is 90.1 Å². The molecule has 1 spiro atoms. The van der Waals surface area contributed by atoms with Gasteiger partial charge in [0.2, 0.25) is 0 Å². The lowest BCUT2D eigenvalue weighted by atomic mass is 9.71. The number of benzene rings is 4. The third-order valence-electron chi connectivity index (χ3n) is 11.5. The number of aromatic hydroxyl groups is 2. The average Bonchev–Trinajstić information content (AvgIpc) is 3.68. The molecule has 0 fully saturated rings. The van der Waals surface area contributed by atoms with Gasteiger partial charge in [-0.2, -0.15) is 8.42 Å². The molecule has 3 N–H and O–H groups in total. The molecule has 300 valence electrons. The van der Waals surface area contributed by atoms with Crippen LogP contribution in [-0.4, -0.2) is 88.1 Å². The van der Waals surface area contributed by atoms with E-state index in [1.54, 1.807) is 0 Å². The molecule has 0 bridgehead atoms. The van der Waals surface area contributed by atoms with E-state index in [2.05, 4.69) is 12.1 Å². The number of carbonyl (C=O) groups excluding carboxylic acids is 1. The monoisotopic (exact) mass is 786 g/mol. The number of carbonyl (C=O) groups is 1. The molecule has 0 saturated heterocycles. The Morgan fingerprint density at radius 3 is 1.54 bits per heavy atom. The Balaban J connectivity index is 0.00000100. The molecule has 11 heteroatoms. The molecule has 10 nitrogen and oxygen atoms in total. The largest absolute Gasteiger partial charge is 0.508 e. The molecule has 0 radical (unpaired) electrons. The van der Waals surface area contributed by atoms with Crippen molar-refractivity contribution in [2.45, 2.75) is 70.6 Å². The predicted molar refractivity (Wildman–Crippen MR) is 217 cm³/mol. The number of ether oxygens (including phenoxy) is 4. The maximum atomic E-state index is 13.6. The number of ketones is 1. The van der Waals surface area contributed by atoms with Crippen LogP contribution in [-0.2, 0) is 45.3 Å². The zero-order valence-electron chi connectivity index (χ0n) is 33.5. The molecule has 4 aromatic carbocycles. The van der Waals surface area contributed by atoms with Crippen LogP contribution in [0.2, 0.25) is 0 Å². The van der Waals surface area contributed by atoms with Crippen LogP contribution in [0, 0.1) is 13.8 Å². The van der Waals surface area contributed by atoms with Crippen molar-refractivity contribution in [2.24, 2.45) is 0 Å². The normalized spacial score (nSPS) is 18.3. The van der Waals surface area contributed by atoms with Gasteiger partial charge >= 0.3 is 0 Å². The summed E-state index contributed by atoms with van der Waals surface area (Å²) >= 11 is 0. The lowest BCUT2D eigenvalue weighted by Gasteiger charge is -2.35. The van der Waals surface area contributed by atoms with Gasteiger partial charge in [-0.15, -0.1) is 0 Å². The topological polar surface area (TPSA) is 149 Å². The van der Waals surface area contributed by atoms with Crippen molar-refractivity contribution < 1.29 is 46.9 Å². The van der Waals surface area contributed by atoms with Gasteiger partial charge in [-0.05, 0) is 129 Å². The maximum Gasteiger partial charge on any atom is 0.261 e. The summed E-state index contributed by atoms with van der Waals surface area (Å²) in [6.07, 6.45) is 2.05. The van der Waals surface area contributed by atoms with Crippen LogP contribution in [0.4, 0.5) is 0 Å². The molecule has 0 amide bonds. The molecule has 1 unspecified atom stereocenters. The number of aryl methyl sites for hydroxylation is 2. The molecule has 56 heavy (non-hydrogen) atoms. The summed E-state index contributed by atoms with van der Waals surface area (Å²) in [7, 11) is -3.67. The van der Waals surface area contributed by atoms with Crippen molar-refractivity contribution >= 4 is 15.9 Å². The van der Waals surface area contributed by atoms with Crippen molar-refractivity contribution in [1.82, 2.24) is 0 Å². The summed E-state index contributed by atoms with van der Waals surface area (Å²) in [5.41, 5.74) is 9.07. The Bertz CT molecular complexity index is 2220. The molecule has 0 heterocycles. The minimum absolute atomic E-state index is 0.00444. The van der Waals surface area contributed by atoms with Crippen LogP contribution in [0.3, 0.4) is 0 Å².